The maximum absolute atomic E-state index is 7.12. The van der Waals surface area contributed by atoms with Crippen molar-refractivity contribution in [2.24, 2.45) is 0 Å². The Kier molecular flexibility index (Phi) is 19.0. The standard InChI is InChI=1S/C68H94O9/c1-64(2,3)54-34-44-29-45-35-55(65(4,5)6)37-47(60(45)70-17)31-51-41-58(68(13,14)15)43-53-33-49-39-56(66(7,8)9)38-48(61(49)71-18)32-52-42-57(67(10,11)12)40-50(30-46(36-54)59(44)69-16)62(52)76-27-25-74-23-21-72-19-20-73-22-24-75-26-28-77-63(51)53/h34-43H,19-33H2,1-18H3. The Labute approximate surface area is 464 Å². The summed E-state index contributed by atoms with van der Waals surface area (Å²) in [4.78, 5) is 0. The average Bonchev–Trinajstić information content (AvgIpc) is 3.32. The van der Waals surface area contributed by atoms with Gasteiger partial charge in [0.1, 0.15) is 42.0 Å². The Balaban J connectivity index is 1.64. The zero-order valence-corrected chi connectivity index (χ0v) is 50.6. The summed E-state index contributed by atoms with van der Waals surface area (Å²) in [6, 6.07) is 23.6. The van der Waals surface area contributed by atoms with Gasteiger partial charge in [0.25, 0.3) is 0 Å². The van der Waals surface area contributed by atoms with Gasteiger partial charge in [0.05, 0.1) is 74.2 Å². The summed E-state index contributed by atoms with van der Waals surface area (Å²) < 4.78 is 58.3. The number of rotatable bonds is 3. The second-order valence-electron chi connectivity index (χ2n) is 26.5. The average molecular weight is 1060 g/mol. The SMILES string of the molecule is COc1c2cc(C(C)(C)C)cc1Cc1cc(C(C)(C)C)cc3c1OCCOCCOCCOCCOCCOc1c(cc(C(C)(C)C)cc1Cc1cc(C(C)(C)C)cc(c1OC)C3)Cc1cc(C(C)(C)C)cc(c1OC)C2. The fraction of sp³-hybridized carbons (Fsp3) is 0.559. The molecule has 0 fully saturated rings. The number of methoxy groups -OCH3 is 3. The van der Waals surface area contributed by atoms with E-state index in [0.29, 0.717) is 98.2 Å². The number of hydrogen-bond acceptors (Lipinski definition) is 9. The first-order valence-corrected chi connectivity index (χ1v) is 28.2. The molecule has 1 aliphatic heterocycles. The maximum atomic E-state index is 7.12. The summed E-state index contributed by atoms with van der Waals surface area (Å²) in [5.74, 6) is 4.31. The van der Waals surface area contributed by atoms with Crippen molar-refractivity contribution in [3.63, 3.8) is 0 Å². The van der Waals surface area contributed by atoms with Crippen LogP contribution in [-0.2, 0) is 78.1 Å². The van der Waals surface area contributed by atoms with Gasteiger partial charge >= 0.3 is 0 Å². The zero-order valence-electron chi connectivity index (χ0n) is 50.6. The van der Waals surface area contributed by atoms with E-state index in [1.807, 2.05) is 21.3 Å². The molecule has 0 aromatic heterocycles. The predicted octanol–water partition coefficient (Wildman–Crippen LogP) is 14.3. The summed E-state index contributed by atoms with van der Waals surface area (Å²) in [5.41, 5.74) is 16.3. The highest BCUT2D eigenvalue weighted by Crippen LogP contribution is 2.45. The van der Waals surface area contributed by atoms with Gasteiger partial charge in [-0.15, -0.1) is 0 Å². The third-order valence-corrected chi connectivity index (χ3v) is 15.1. The summed E-state index contributed by atoms with van der Waals surface area (Å²) in [6.07, 6.45) is 2.91. The normalized spacial score (nSPS) is 16.2. The third kappa shape index (κ3) is 15.0. The first-order chi connectivity index (χ1) is 36.2. The molecule has 0 saturated carbocycles. The summed E-state index contributed by atoms with van der Waals surface area (Å²) in [7, 11) is 5.45. The highest BCUT2D eigenvalue weighted by Gasteiger charge is 2.30. The van der Waals surface area contributed by atoms with Gasteiger partial charge in [0.2, 0.25) is 0 Å². The molecule has 1 aliphatic carbocycles. The fourth-order valence-corrected chi connectivity index (χ4v) is 10.6. The topological polar surface area (TPSA) is 83.1 Å². The van der Waals surface area contributed by atoms with Crippen LogP contribution in [0.4, 0.5) is 0 Å². The number of fused-ring (bicyclic) bond motifs is 4. The third-order valence-electron chi connectivity index (χ3n) is 15.1. The Morgan fingerprint density at radius 1 is 0.260 bits per heavy atom. The maximum Gasteiger partial charge on any atom is 0.126 e. The molecule has 12 bridgehead atoms. The fourth-order valence-electron chi connectivity index (χ4n) is 10.6. The van der Waals surface area contributed by atoms with Gasteiger partial charge in [-0.25, -0.2) is 0 Å². The van der Waals surface area contributed by atoms with E-state index in [9.17, 15) is 0 Å². The molecule has 0 unspecified atom stereocenters. The second-order valence-corrected chi connectivity index (χ2v) is 26.5. The van der Waals surface area contributed by atoms with Crippen molar-refractivity contribution in [1.29, 1.82) is 0 Å². The van der Waals surface area contributed by atoms with Gasteiger partial charge < -0.3 is 42.6 Å². The summed E-state index contributed by atoms with van der Waals surface area (Å²) in [6.45, 7) is 38.7. The molecule has 5 aromatic carbocycles. The lowest BCUT2D eigenvalue weighted by molar-refractivity contribution is -0.00706. The first-order valence-electron chi connectivity index (χ1n) is 28.2. The molecule has 0 amide bonds. The Hall–Kier alpha value is -5.06. The second kappa shape index (κ2) is 24.5. The quantitative estimate of drug-likeness (QED) is 0.172. The summed E-state index contributed by atoms with van der Waals surface area (Å²) >= 11 is 0. The van der Waals surface area contributed by atoms with Gasteiger partial charge in [-0.1, -0.05) is 165 Å². The smallest absolute Gasteiger partial charge is 0.126 e. The van der Waals surface area contributed by atoms with Crippen LogP contribution < -0.4 is 23.7 Å². The Morgan fingerprint density at radius 3 is 0.610 bits per heavy atom. The van der Waals surface area contributed by atoms with Crippen molar-refractivity contribution in [1.82, 2.24) is 0 Å². The molecule has 0 atom stereocenters. The van der Waals surface area contributed by atoms with E-state index in [0.717, 1.165) is 84.4 Å². The van der Waals surface area contributed by atoms with Crippen molar-refractivity contribution in [2.75, 3.05) is 87.4 Å². The van der Waals surface area contributed by atoms with Crippen LogP contribution in [0.25, 0.3) is 0 Å². The van der Waals surface area contributed by atoms with Crippen molar-refractivity contribution in [3.8, 4) is 28.7 Å². The lowest BCUT2D eigenvalue weighted by atomic mass is 9.79. The Bertz CT molecular complexity index is 2640. The predicted molar refractivity (Wildman–Crippen MR) is 314 cm³/mol. The van der Waals surface area contributed by atoms with Gasteiger partial charge in [-0.2, -0.15) is 0 Å². The highest BCUT2D eigenvalue weighted by molar-refractivity contribution is 5.61. The van der Waals surface area contributed by atoms with E-state index in [-0.39, 0.29) is 27.1 Å². The molecule has 9 heteroatoms. The molecule has 77 heavy (non-hydrogen) atoms. The molecule has 2 aliphatic rings. The molecule has 5 aromatic rings. The van der Waals surface area contributed by atoms with Gasteiger partial charge in [0, 0.05) is 32.1 Å². The molecule has 0 saturated heterocycles. The van der Waals surface area contributed by atoms with Crippen LogP contribution in [0, 0.1) is 0 Å². The van der Waals surface area contributed by atoms with E-state index in [1.165, 1.54) is 27.8 Å². The number of ether oxygens (including phenoxy) is 9. The largest absolute Gasteiger partial charge is 0.496 e. The van der Waals surface area contributed by atoms with E-state index < -0.39 is 0 Å². The molecule has 0 spiro atoms. The van der Waals surface area contributed by atoms with Gasteiger partial charge in [0.15, 0.2) is 0 Å². The van der Waals surface area contributed by atoms with Crippen LogP contribution in [0.1, 0.15) is 187 Å². The molecule has 420 valence electrons. The lowest BCUT2D eigenvalue weighted by Gasteiger charge is -2.29. The van der Waals surface area contributed by atoms with Gasteiger partial charge in [-0.3, -0.25) is 0 Å². The van der Waals surface area contributed by atoms with Crippen molar-refractivity contribution in [3.05, 3.63) is 144 Å². The van der Waals surface area contributed by atoms with Crippen LogP contribution in [0.5, 0.6) is 28.7 Å². The molecule has 0 N–H and O–H groups in total. The minimum atomic E-state index is -0.183. The number of hydrogen-bond donors (Lipinski definition) is 0. The molecule has 1 heterocycles. The van der Waals surface area contributed by atoms with Crippen LogP contribution in [0.15, 0.2) is 60.7 Å². The van der Waals surface area contributed by atoms with E-state index >= 15 is 0 Å². The van der Waals surface area contributed by atoms with Crippen LogP contribution in [0.3, 0.4) is 0 Å². The lowest BCUT2D eigenvalue weighted by Crippen LogP contribution is -2.18. The van der Waals surface area contributed by atoms with Crippen LogP contribution >= 0.6 is 0 Å². The van der Waals surface area contributed by atoms with E-state index in [2.05, 4.69) is 165 Å². The molecule has 7 rings (SSSR count). The monoisotopic (exact) mass is 1050 g/mol. The summed E-state index contributed by atoms with van der Waals surface area (Å²) in [5, 5.41) is 0. The highest BCUT2D eigenvalue weighted by atomic mass is 16.6. The minimum Gasteiger partial charge on any atom is -0.496 e. The van der Waals surface area contributed by atoms with Crippen molar-refractivity contribution >= 4 is 0 Å². The van der Waals surface area contributed by atoms with E-state index in [4.69, 9.17) is 42.6 Å². The number of benzene rings is 5. The first kappa shape index (κ1) is 59.6. The molecule has 0 radical (unpaired) electrons. The van der Waals surface area contributed by atoms with Crippen molar-refractivity contribution < 1.29 is 42.6 Å². The zero-order chi connectivity index (χ0) is 56.1. The molecular weight excluding hydrogens is 961 g/mol. The van der Waals surface area contributed by atoms with E-state index in [1.54, 1.807) is 0 Å². The molecular formula is C68H94O9. The Morgan fingerprint density at radius 2 is 0.429 bits per heavy atom. The van der Waals surface area contributed by atoms with Crippen LogP contribution in [0.2, 0.25) is 0 Å². The van der Waals surface area contributed by atoms with Crippen molar-refractivity contribution in [2.45, 2.75) is 163 Å². The van der Waals surface area contributed by atoms with Gasteiger partial charge in [-0.05, 0) is 111 Å². The van der Waals surface area contributed by atoms with Crippen LogP contribution in [-0.4, -0.2) is 87.4 Å². The minimum absolute atomic E-state index is 0.168. The molecule has 9 nitrogen and oxygen atoms in total.